The third-order valence-corrected chi connectivity index (χ3v) is 5.21. The molecule has 1 N–H and O–H groups in total. The molecule has 0 aliphatic heterocycles. The molecule has 0 radical (unpaired) electrons. The first kappa shape index (κ1) is 22.1. The second kappa shape index (κ2) is 9.99. The van der Waals surface area contributed by atoms with Gasteiger partial charge in [0.2, 0.25) is 0 Å². The summed E-state index contributed by atoms with van der Waals surface area (Å²) in [4.78, 5) is 26.5. The van der Waals surface area contributed by atoms with Crippen molar-refractivity contribution in [2.75, 3.05) is 19.0 Å². The molecule has 4 aromatic rings. The van der Waals surface area contributed by atoms with Crippen LogP contribution < -0.4 is 20.3 Å². The Balaban J connectivity index is 1.78. The van der Waals surface area contributed by atoms with Crippen LogP contribution in [-0.2, 0) is 0 Å². The zero-order chi connectivity index (χ0) is 23.2. The number of benzene rings is 3. The predicted molar refractivity (Wildman–Crippen MR) is 129 cm³/mol. The number of carbonyl (C=O) groups excluding carboxylic acids is 1. The van der Waals surface area contributed by atoms with Gasteiger partial charge in [0.05, 0.1) is 30.5 Å². The van der Waals surface area contributed by atoms with Crippen molar-refractivity contribution in [2.24, 2.45) is 0 Å². The maximum absolute atomic E-state index is 13.4. The second-order valence-corrected chi connectivity index (χ2v) is 7.46. The average molecular weight is 444 g/mol. The van der Waals surface area contributed by atoms with Crippen LogP contribution in [0.4, 0.5) is 5.69 Å². The van der Waals surface area contributed by atoms with Crippen molar-refractivity contribution in [1.29, 1.82) is 0 Å². The summed E-state index contributed by atoms with van der Waals surface area (Å²) in [6, 6.07) is 21.2. The van der Waals surface area contributed by atoms with Gasteiger partial charge in [-0.05, 0) is 36.8 Å². The number of aromatic nitrogens is 2. The highest BCUT2D eigenvalue weighted by Gasteiger charge is 2.19. The van der Waals surface area contributed by atoms with E-state index in [1.807, 2.05) is 18.2 Å². The molecule has 3 aromatic carbocycles. The van der Waals surface area contributed by atoms with E-state index in [0.29, 0.717) is 40.3 Å². The summed E-state index contributed by atoms with van der Waals surface area (Å²) < 4.78 is 12.4. The Morgan fingerprint density at radius 3 is 2.45 bits per heavy atom. The van der Waals surface area contributed by atoms with Crippen LogP contribution in [0.15, 0.2) is 77.6 Å². The number of hydrogen-bond donors (Lipinski definition) is 1. The topological polar surface area (TPSA) is 82.4 Å². The van der Waals surface area contributed by atoms with Gasteiger partial charge in [-0.2, -0.15) is 9.78 Å². The molecule has 0 fully saturated rings. The van der Waals surface area contributed by atoms with Gasteiger partial charge < -0.3 is 14.8 Å². The standard InChI is InChI=1S/C26H25N3O4/c1-3-4-16-33-23-15-14-19(32-2)17-22(23)27-25(30)24-20-12-8-9-13-21(20)26(31)29(28-24)18-10-6-5-7-11-18/h5-15,17H,3-4,16H2,1-2H3,(H,27,30). The molecule has 0 saturated carbocycles. The van der Waals surface area contributed by atoms with Crippen LogP contribution in [0.1, 0.15) is 30.3 Å². The van der Waals surface area contributed by atoms with Crippen molar-refractivity contribution in [3.8, 4) is 17.2 Å². The fourth-order valence-electron chi connectivity index (χ4n) is 3.47. The number of carbonyl (C=O) groups is 1. The van der Waals surface area contributed by atoms with Gasteiger partial charge in [-0.15, -0.1) is 0 Å². The molecular formula is C26H25N3O4. The van der Waals surface area contributed by atoms with Crippen LogP contribution in [0.25, 0.3) is 16.5 Å². The Labute approximate surface area is 191 Å². The lowest BCUT2D eigenvalue weighted by Crippen LogP contribution is -2.26. The molecule has 7 nitrogen and oxygen atoms in total. The third kappa shape index (κ3) is 4.72. The number of nitrogens with one attached hydrogen (secondary N) is 1. The van der Waals surface area contributed by atoms with E-state index < -0.39 is 5.91 Å². The number of para-hydroxylation sites is 1. The molecule has 0 saturated heterocycles. The smallest absolute Gasteiger partial charge is 0.279 e. The lowest BCUT2D eigenvalue weighted by molar-refractivity contribution is 0.102. The van der Waals surface area contributed by atoms with E-state index in [4.69, 9.17) is 9.47 Å². The van der Waals surface area contributed by atoms with Gasteiger partial charge in [0, 0.05) is 11.5 Å². The molecule has 0 atom stereocenters. The Morgan fingerprint density at radius 2 is 1.73 bits per heavy atom. The second-order valence-electron chi connectivity index (χ2n) is 7.46. The van der Waals surface area contributed by atoms with E-state index >= 15 is 0 Å². The SMILES string of the molecule is CCCCOc1ccc(OC)cc1NC(=O)c1nn(-c2ccccc2)c(=O)c2ccccc12. The molecule has 0 unspecified atom stereocenters. The minimum Gasteiger partial charge on any atom is -0.497 e. The minimum atomic E-state index is -0.454. The highest BCUT2D eigenvalue weighted by molar-refractivity contribution is 6.11. The van der Waals surface area contributed by atoms with Gasteiger partial charge in [0.25, 0.3) is 11.5 Å². The molecule has 0 aliphatic carbocycles. The van der Waals surface area contributed by atoms with Gasteiger partial charge in [0.1, 0.15) is 11.5 Å². The predicted octanol–water partition coefficient (Wildman–Crippen LogP) is 4.83. The van der Waals surface area contributed by atoms with Gasteiger partial charge in [-0.3, -0.25) is 9.59 Å². The zero-order valence-corrected chi connectivity index (χ0v) is 18.6. The molecule has 0 bridgehead atoms. The van der Waals surface area contributed by atoms with Crippen molar-refractivity contribution in [3.63, 3.8) is 0 Å². The minimum absolute atomic E-state index is 0.136. The molecule has 33 heavy (non-hydrogen) atoms. The summed E-state index contributed by atoms with van der Waals surface area (Å²) in [6.07, 6.45) is 1.89. The number of rotatable bonds is 8. The van der Waals surface area contributed by atoms with Crippen molar-refractivity contribution in [2.45, 2.75) is 19.8 Å². The molecule has 0 aliphatic rings. The van der Waals surface area contributed by atoms with Crippen molar-refractivity contribution in [1.82, 2.24) is 9.78 Å². The molecule has 7 heteroatoms. The van der Waals surface area contributed by atoms with Crippen LogP contribution in [0.5, 0.6) is 11.5 Å². The Bertz CT molecular complexity index is 1330. The molecule has 1 aromatic heterocycles. The van der Waals surface area contributed by atoms with Crippen LogP contribution in [0, 0.1) is 0 Å². The average Bonchev–Trinajstić information content (AvgIpc) is 2.86. The Hall–Kier alpha value is -4.13. The van der Waals surface area contributed by atoms with E-state index in [-0.39, 0.29) is 11.3 Å². The lowest BCUT2D eigenvalue weighted by atomic mass is 10.1. The molecule has 1 heterocycles. The third-order valence-electron chi connectivity index (χ3n) is 5.21. The van der Waals surface area contributed by atoms with E-state index in [0.717, 1.165) is 12.8 Å². The fourth-order valence-corrected chi connectivity index (χ4v) is 3.47. The van der Waals surface area contributed by atoms with Gasteiger partial charge in [-0.1, -0.05) is 49.7 Å². The quantitative estimate of drug-likeness (QED) is 0.395. The number of fused-ring (bicyclic) bond motifs is 1. The Kier molecular flexibility index (Phi) is 6.69. The number of unbranched alkanes of at least 4 members (excludes halogenated alkanes) is 1. The van der Waals surface area contributed by atoms with Crippen LogP contribution in [-0.4, -0.2) is 29.4 Å². The number of amides is 1. The van der Waals surface area contributed by atoms with Gasteiger partial charge in [0.15, 0.2) is 5.69 Å². The first-order valence-electron chi connectivity index (χ1n) is 10.8. The highest BCUT2D eigenvalue weighted by Crippen LogP contribution is 2.30. The number of nitrogens with zero attached hydrogens (tertiary/aromatic N) is 2. The summed E-state index contributed by atoms with van der Waals surface area (Å²) >= 11 is 0. The number of ether oxygens (including phenoxy) is 2. The van der Waals surface area contributed by atoms with E-state index in [9.17, 15) is 9.59 Å². The lowest BCUT2D eigenvalue weighted by Gasteiger charge is -2.15. The van der Waals surface area contributed by atoms with Gasteiger partial charge in [-0.25, -0.2) is 0 Å². The summed E-state index contributed by atoms with van der Waals surface area (Å²) in [5.74, 6) is 0.669. The van der Waals surface area contributed by atoms with Crippen LogP contribution in [0.2, 0.25) is 0 Å². The number of anilines is 1. The highest BCUT2D eigenvalue weighted by atomic mass is 16.5. The number of methoxy groups -OCH3 is 1. The van der Waals surface area contributed by atoms with Crippen molar-refractivity contribution < 1.29 is 14.3 Å². The van der Waals surface area contributed by atoms with Crippen molar-refractivity contribution >= 4 is 22.4 Å². The van der Waals surface area contributed by atoms with Crippen LogP contribution >= 0.6 is 0 Å². The summed E-state index contributed by atoms with van der Waals surface area (Å²) in [5, 5.41) is 8.22. The normalized spacial score (nSPS) is 10.7. The first-order chi connectivity index (χ1) is 16.1. The molecule has 168 valence electrons. The zero-order valence-electron chi connectivity index (χ0n) is 18.6. The van der Waals surface area contributed by atoms with E-state index in [1.54, 1.807) is 61.7 Å². The summed E-state index contributed by atoms with van der Waals surface area (Å²) in [5.41, 5.74) is 0.890. The maximum Gasteiger partial charge on any atom is 0.279 e. The number of hydrogen-bond acceptors (Lipinski definition) is 5. The molecule has 4 rings (SSSR count). The maximum atomic E-state index is 13.4. The molecular weight excluding hydrogens is 418 g/mol. The Morgan fingerprint density at radius 1 is 1.00 bits per heavy atom. The van der Waals surface area contributed by atoms with Gasteiger partial charge >= 0.3 is 0 Å². The summed E-state index contributed by atoms with van der Waals surface area (Å²) in [6.45, 7) is 2.62. The van der Waals surface area contributed by atoms with Crippen molar-refractivity contribution in [3.05, 3.63) is 88.8 Å². The van der Waals surface area contributed by atoms with E-state index in [1.165, 1.54) is 4.68 Å². The largest absolute Gasteiger partial charge is 0.497 e. The van der Waals surface area contributed by atoms with E-state index in [2.05, 4.69) is 17.3 Å². The first-order valence-corrected chi connectivity index (χ1v) is 10.8. The molecule has 0 spiro atoms. The monoisotopic (exact) mass is 443 g/mol. The molecule has 1 amide bonds. The summed E-state index contributed by atoms with van der Waals surface area (Å²) in [7, 11) is 1.56. The fraction of sp³-hybridized carbons (Fsp3) is 0.192. The van der Waals surface area contributed by atoms with Crippen LogP contribution in [0.3, 0.4) is 0 Å².